The molecule has 0 bridgehead atoms. The number of hydrogen-bond donors (Lipinski definition) is 4. The maximum absolute atomic E-state index is 10.0. The fourth-order valence-corrected chi connectivity index (χ4v) is 2.45. The minimum absolute atomic E-state index is 0.319. The lowest BCUT2D eigenvalue weighted by molar-refractivity contribution is -0.508. The van der Waals surface area contributed by atoms with Gasteiger partial charge in [0, 0.05) is 0 Å². The van der Waals surface area contributed by atoms with Crippen LogP contribution in [0.3, 0.4) is 0 Å². The highest BCUT2D eigenvalue weighted by atomic mass is 16.6. The van der Waals surface area contributed by atoms with Gasteiger partial charge in [-0.05, 0) is 4.99 Å². The molecule has 0 saturated carbocycles. The average Bonchev–Trinajstić information content (AvgIpc) is 2.69. The first-order valence-electron chi connectivity index (χ1n) is 6.08. The highest BCUT2D eigenvalue weighted by molar-refractivity contribution is 5.93. The Morgan fingerprint density at radius 1 is 1.47 bits per heavy atom. The molecule has 0 aromatic carbocycles. The van der Waals surface area contributed by atoms with Crippen molar-refractivity contribution in [3.63, 3.8) is 0 Å². The van der Waals surface area contributed by atoms with E-state index in [4.69, 9.17) is 20.3 Å². The van der Waals surface area contributed by atoms with Gasteiger partial charge in [-0.2, -0.15) is 0 Å². The Labute approximate surface area is 110 Å². The molecule has 8 nitrogen and oxygen atoms in total. The Kier molecular flexibility index (Phi) is 4.04. The molecule has 1 fully saturated rings. The molecule has 2 rings (SSSR count). The van der Waals surface area contributed by atoms with Crippen molar-refractivity contribution in [1.82, 2.24) is 0 Å². The quantitative estimate of drug-likeness (QED) is 0.401. The number of guanidine groups is 1. The Morgan fingerprint density at radius 3 is 2.68 bits per heavy atom. The molecule has 0 aromatic rings. The molecule has 0 aliphatic carbocycles. The van der Waals surface area contributed by atoms with Crippen molar-refractivity contribution in [2.24, 2.45) is 16.6 Å². The minimum atomic E-state index is -1.12. The van der Waals surface area contributed by atoms with E-state index in [2.05, 4.69) is 4.99 Å². The highest BCUT2D eigenvalue weighted by Gasteiger charge is 2.50. The smallest absolute Gasteiger partial charge is 0.387 e. The molecule has 2 aliphatic rings. The monoisotopic (exact) mass is 274 g/mol. The molecule has 0 radical (unpaired) electrons. The largest absolute Gasteiger partial charge is 0.472 e. The molecule has 1 unspecified atom stereocenters. The van der Waals surface area contributed by atoms with E-state index in [1.54, 1.807) is 11.6 Å². The summed E-state index contributed by atoms with van der Waals surface area (Å²) in [6.45, 7) is 0.0934. The van der Waals surface area contributed by atoms with Crippen LogP contribution >= 0.6 is 0 Å². The van der Waals surface area contributed by atoms with E-state index < -0.39 is 24.4 Å². The summed E-state index contributed by atoms with van der Waals surface area (Å²) in [7, 11) is 3.23. The standard InChI is InChI=1S/C11H19N3O5/c1-14-3-5(10(18-2)13-11(14)12)9-8(17)7(16)6(4-15)19-9/h5-9,12,15-17H,3-4H2,1-2H3/p+1/t5?,6-,7-,8-,9+/m0/s1. The van der Waals surface area contributed by atoms with Gasteiger partial charge in [-0.1, -0.05) is 0 Å². The number of nitrogens with two attached hydrogens (primary N) is 1. The molecule has 0 aromatic heterocycles. The molecule has 2 aliphatic heterocycles. The number of aliphatic hydroxyl groups is 3. The summed E-state index contributed by atoms with van der Waals surface area (Å²) in [6, 6.07) is 0. The summed E-state index contributed by atoms with van der Waals surface area (Å²) in [5, 5.41) is 28.9. The van der Waals surface area contributed by atoms with Crippen LogP contribution in [0.5, 0.6) is 0 Å². The van der Waals surface area contributed by atoms with Crippen molar-refractivity contribution in [3.8, 4) is 0 Å². The summed E-state index contributed by atoms with van der Waals surface area (Å²) in [4.78, 5) is 4.10. The first-order valence-corrected chi connectivity index (χ1v) is 6.08. The lowest BCUT2D eigenvalue weighted by Gasteiger charge is -2.26. The summed E-state index contributed by atoms with van der Waals surface area (Å²) in [5.41, 5.74) is 5.70. The number of methoxy groups -OCH3 is 1. The summed E-state index contributed by atoms with van der Waals surface area (Å²) >= 11 is 0. The Morgan fingerprint density at radius 2 is 2.16 bits per heavy atom. The zero-order valence-corrected chi connectivity index (χ0v) is 10.9. The zero-order valence-electron chi connectivity index (χ0n) is 10.9. The van der Waals surface area contributed by atoms with Crippen molar-refractivity contribution in [1.29, 1.82) is 0 Å². The second-order valence-corrected chi connectivity index (χ2v) is 4.80. The van der Waals surface area contributed by atoms with Gasteiger partial charge in [-0.15, -0.1) is 0 Å². The predicted octanol–water partition coefficient (Wildman–Crippen LogP) is -2.90. The van der Waals surface area contributed by atoms with Crippen LogP contribution < -0.4 is 5.73 Å². The zero-order chi connectivity index (χ0) is 14.2. The number of aliphatic hydroxyl groups excluding tert-OH is 3. The molecule has 5 N–H and O–H groups in total. The second-order valence-electron chi connectivity index (χ2n) is 4.80. The summed E-state index contributed by atoms with van der Waals surface area (Å²) in [5.74, 6) is 0.314. The van der Waals surface area contributed by atoms with E-state index in [1.165, 1.54) is 7.11 Å². The van der Waals surface area contributed by atoms with E-state index in [1.807, 2.05) is 0 Å². The molecule has 1 saturated heterocycles. The molecule has 5 atom stereocenters. The van der Waals surface area contributed by atoms with Gasteiger partial charge < -0.3 is 24.8 Å². The lowest BCUT2D eigenvalue weighted by Crippen LogP contribution is -2.47. The number of aliphatic imine (C=N–C) groups is 1. The van der Waals surface area contributed by atoms with Crippen LogP contribution in [-0.2, 0) is 9.47 Å². The molecule has 108 valence electrons. The first-order chi connectivity index (χ1) is 8.99. The first kappa shape index (κ1) is 14.2. The molecule has 8 heteroatoms. The van der Waals surface area contributed by atoms with Gasteiger partial charge in [0.2, 0.25) is 0 Å². The van der Waals surface area contributed by atoms with Crippen molar-refractivity contribution in [3.05, 3.63) is 0 Å². The lowest BCUT2D eigenvalue weighted by atomic mass is 9.95. The van der Waals surface area contributed by atoms with Gasteiger partial charge in [0.25, 0.3) is 5.90 Å². The summed E-state index contributed by atoms with van der Waals surface area (Å²) < 4.78 is 12.4. The molecule has 2 heterocycles. The Bertz CT molecular complexity index is 411. The van der Waals surface area contributed by atoms with E-state index in [9.17, 15) is 10.2 Å². The van der Waals surface area contributed by atoms with Crippen LogP contribution in [0.1, 0.15) is 0 Å². The molecular weight excluding hydrogens is 254 g/mol. The Hall–Kier alpha value is -1.22. The van der Waals surface area contributed by atoms with E-state index in [0.717, 1.165) is 0 Å². The third-order valence-corrected chi connectivity index (χ3v) is 3.59. The van der Waals surface area contributed by atoms with Crippen LogP contribution in [0, 0.1) is 5.92 Å². The topological polar surface area (TPSA) is 121 Å². The third kappa shape index (κ3) is 2.44. The van der Waals surface area contributed by atoms with Gasteiger partial charge in [0.1, 0.15) is 30.3 Å². The van der Waals surface area contributed by atoms with Gasteiger partial charge in [0.05, 0.1) is 27.3 Å². The minimum Gasteiger partial charge on any atom is -0.472 e. The molecule has 0 spiro atoms. The van der Waals surface area contributed by atoms with Crippen molar-refractivity contribution >= 4 is 11.9 Å². The third-order valence-electron chi connectivity index (χ3n) is 3.59. The van der Waals surface area contributed by atoms with Crippen molar-refractivity contribution in [2.75, 3.05) is 27.3 Å². The van der Waals surface area contributed by atoms with Gasteiger partial charge >= 0.3 is 5.96 Å². The number of ether oxygens (including phenoxy) is 2. The van der Waals surface area contributed by atoms with Crippen LogP contribution in [0.2, 0.25) is 0 Å². The fourth-order valence-electron chi connectivity index (χ4n) is 2.45. The van der Waals surface area contributed by atoms with Crippen molar-refractivity contribution in [2.45, 2.75) is 24.4 Å². The van der Waals surface area contributed by atoms with Crippen LogP contribution in [0.25, 0.3) is 0 Å². The van der Waals surface area contributed by atoms with E-state index in [-0.39, 0.29) is 12.5 Å². The SMILES string of the molecule is COC1=NC(N)=[N+](C)CC1[C@H]1O[C@@H](CO)[C@H](O)[C@@H]1O. The molecular formula is C11H20N3O5+. The van der Waals surface area contributed by atoms with Crippen molar-refractivity contribution < 1.29 is 29.4 Å². The number of rotatable bonds is 2. The number of hydrogen-bond acceptors (Lipinski definition) is 7. The fraction of sp³-hybridized carbons (Fsp3) is 0.818. The van der Waals surface area contributed by atoms with Gasteiger partial charge in [0.15, 0.2) is 0 Å². The maximum Gasteiger partial charge on any atom is 0.387 e. The number of nitrogens with zero attached hydrogens (tertiary/aromatic N) is 2. The molecule has 0 amide bonds. The maximum atomic E-state index is 10.0. The second kappa shape index (κ2) is 5.41. The van der Waals surface area contributed by atoms with Crippen LogP contribution in [0.15, 0.2) is 4.99 Å². The molecule has 19 heavy (non-hydrogen) atoms. The highest BCUT2D eigenvalue weighted by Crippen LogP contribution is 2.28. The Balaban J connectivity index is 2.21. The van der Waals surface area contributed by atoms with E-state index >= 15 is 0 Å². The normalized spacial score (nSPS) is 39.4. The van der Waals surface area contributed by atoms with Crippen LogP contribution in [-0.4, -0.2) is 83.5 Å². The summed E-state index contributed by atoms with van der Waals surface area (Å²) in [6.07, 6.45) is -3.72. The van der Waals surface area contributed by atoms with E-state index in [0.29, 0.717) is 18.4 Å². The van der Waals surface area contributed by atoms with Gasteiger partial charge in [-0.3, -0.25) is 10.3 Å². The predicted molar refractivity (Wildman–Crippen MR) is 65.9 cm³/mol. The van der Waals surface area contributed by atoms with Crippen LogP contribution in [0.4, 0.5) is 0 Å². The average molecular weight is 274 g/mol. The van der Waals surface area contributed by atoms with Gasteiger partial charge in [-0.25, -0.2) is 0 Å².